The molecule has 4 nitrogen and oxygen atoms in total. The number of halogens is 2. The predicted molar refractivity (Wildman–Crippen MR) is 93.3 cm³/mol. The van der Waals surface area contributed by atoms with E-state index in [1.54, 1.807) is 23.1 Å². The molecule has 2 amide bonds. The summed E-state index contributed by atoms with van der Waals surface area (Å²) in [6.07, 6.45) is 0. The van der Waals surface area contributed by atoms with Crippen LogP contribution in [0.15, 0.2) is 53.0 Å². The van der Waals surface area contributed by atoms with Gasteiger partial charge in [-0.1, -0.05) is 34.1 Å². The number of hydrogen-bond acceptors (Lipinski definition) is 2. The number of rotatable bonds is 2. The fourth-order valence-corrected chi connectivity index (χ4v) is 2.98. The number of para-hydroxylation sites is 1. The normalized spacial score (nSPS) is 14.7. The van der Waals surface area contributed by atoms with E-state index in [0.29, 0.717) is 13.1 Å². The zero-order valence-corrected chi connectivity index (χ0v) is 14.1. The van der Waals surface area contributed by atoms with Gasteiger partial charge in [0.1, 0.15) is 5.82 Å². The van der Waals surface area contributed by atoms with E-state index in [0.717, 1.165) is 23.2 Å². The van der Waals surface area contributed by atoms with Gasteiger partial charge >= 0.3 is 6.03 Å². The second-order valence-electron chi connectivity index (χ2n) is 5.36. The molecule has 0 atom stereocenters. The Labute approximate surface area is 143 Å². The lowest BCUT2D eigenvalue weighted by molar-refractivity contribution is 0.208. The van der Waals surface area contributed by atoms with Crippen molar-refractivity contribution < 1.29 is 9.18 Å². The highest BCUT2D eigenvalue weighted by Crippen LogP contribution is 2.21. The van der Waals surface area contributed by atoms with Crippen molar-refractivity contribution in [1.82, 2.24) is 4.90 Å². The van der Waals surface area contributed by atoms with Gasteiger partial charge in [-0.2, -0.15) is 0 Å². The SMILES string of the molecule is O=C(Nc1ccccc1F)N1CCN(c2cccc(Br)c2)CC1. The zero-order chi connectivity index (χ0) is 16.2. The molecule has 23 heavy (non-hydrogen) atoms. The van der Waals surface area contributed by atoms with Gasteiger partial charge in [-0.25, -0.2) is 9.18 Å². The standard InChI is InChI=1S/C17H17BrFN3O/c18-13-4-3-5-14(12-13)21-8-10-22(11-9-21)17(23)20-16-7-2-1-6-15(16)19/h1-7,12H,8-11H2,(H,20,23). The molecule has 0 aliphatic carbocycles. The van der Waals surface area contributed by atoms with Crippen molar-refractivity contribution in [2.24, 2.45) is 0 Å². The number of carbonyl (C=O) groups excluding carboxylic acids is 1. The van der Waals surface area contributed by atoms with E-state index in [1.807, 2.05) is 12.1 Å². The molecular weight excluding hydrogens is 361 g/mol. The van der Waals surface area contributed by atoms with Gasteiger partial charge in [0.15, 0.2) is 0 Å². The summed E-state index contributed by atoms with van der Waals surface area (Å²) < 4.78 is 14.6. The fourth-order valence-electron chi connectivity index (χ4n) is 2.60. The first-order valence-electron chi connectivity index (χ1n) is 7.44. The smallest absolute Gasteiger partial charge is 0.322 e. The second kappa shape index (κ2) is 7.00. The van der Waals surface area contributed by atoms with E-state index in [4.69, 9.17) is 0 Å². The van der Waals surface area contributed by atoms with Gasteiger partial charge in [0.25, 0.3) is 0 Å². The molecule has 1 aliphatic heterocycles. The molecule has 1 saturated heterocycles. The molecule has 3 rings (SSSR count). The Bertz CT molecular complexity index is 702. The minimum atomic E-state index is -0.423. The average Bonchev–Trinajstić information content (AvgIpc) is 2.57. The number of nitrogens with one attached hydrogen (secondary N) is 1. The van der Waals surface area contributed by atoms with Crippen LogP contribution in [0.25, 0.3) is 0 Å². The highest BCUT2D eigenvalue weighted by molar-refractivity contribution is 9.10. The third-order valence-corrected chi connectivity index (χ3v) is 4.35. The molecule has 1 N–H and O–H groups in total. The molecule has 0 unspecified atom stereocenters. The van der Waals surface area contributed by atoms with E-state index >= 15 is 0 Å². The maximum absolute atomic E-state index is 13.6. The third kappa shape index (κ3) is 3.82. The molecule has 1 fully saturated rings. The Balaban J connectivity index is 1.58. The number of benzene rings is 2. The maximum Gasteiger partial charge on any atom is 0.322 e. The molecule has 0 spiro atoms. The van der Waals surface area contributed by atoms with Gasteiger partial charge in [0.05, 0.1) is 5.69 Å². The number of hydrogen-bond donors (Lipinski definition) is 1. The van der Waals surface area contributed by atoms with Crippen LogP contribution in [0.5, 0.6) is 0 Å². The van der Waals surface area contributed by atoms with Crippen molar-refractivity contribution in [2.45, 2.75) is 0 Å². The molecule has 0 saturated carbocycles. The third-order valence-electron chi connectivity index (χ3n) is 3.86. The molecule has 2 aromatic rings. The van der Waals surface area contributed by atoms with E-state index in [9.17, 15) is 9.18 Å². The summed E-state index contributed by atoms with van der Waals surface area (Å²) in [5, 5.41) is 2.63. The Hall–Kier alpha value is -2.08. The molecule has 0 radical (unpaired) electrons. The van der Waals surface area contributed by atoms with Crippen molar-refractivity contribution in [1.29, 1.82) is 0 Å². The number of piperazine rings is 1. The summed E-state index contributed by atoms with van der Waals surface area (Å²) in [4.78, 5) is 16.2. The van der Waals surface area contributed by atoms with E-state index in [2.05, 4.69) is 38.3 Å². The van der Waals surface area contributed by atoms with Crippen LogP contribution < -0.4 is 10.2 Å². The number of amides is 2. The van der Waals surface area contributed by atoms with E-state index < -0.39 is 5.82 Å². The lowest BCUT2D eigenvalue weighted by atomic mass is 10.2. The summed E-state index contributed by atoms with van der Waals surface area (Å²) >= 11 is 3.47. The molecule has 2 aromatic carbocycles. The Kier molecular flexibility index (Phi) is 4.81. The van der Waals surface area contributed by atoms with Gasteiger partial charge in [-0.3, -0.25) is 0 Å². The molecule has 0 aromatic heterocycles. The van der Waals surface area contributed by atoms with E-state index in [1.165, 1.54) is 6.07 Å². The first kappa shape index (κ1) is 15.8. The largest absolute Gasteiger partial charge is 0.368 e. The van der Waals surface area contributed by atoms with Crippen LogP contribution in [-0.4, -0.2) is 37.1 Å². The number of nitrogens with zero attached hydrogens (tertiary/aromatic N) is 2. The van der Waals surface area contributed by atoms with Crippen LogP contribution >= 0.6 is 15.9 Å². The minimum Gasteiger partial charge on any atom is -0.368 e. The van der Waals surface area contributed by atoms with Gasteiger partial charge in [-0.15, -0.1) is 0 Å². The van der Waals surface area contributed by atoms with Crippen molar-refractivity contribution in [2.75, 3.05) is 36.4 Å². The lowest BCUT2D eigenvalue weighted by Gasteiger charge is -2.36. The Morgan fingerprint density at radius 2 is 1.78 bits per heavy atom. The molecule has 6 heteroatoms. The zero-order valence-electron chi connectivity index (χ0n) is 12.5. The van der Waals surface area contributed by atoms with Crippen LogP contribution in [0, 0.1) is 5.82 Å². The van der Waals surface area contributed by atoms with E-state index in [-0.39, 0.29) is 11.7 Å². The summed E-state index contributed by atoms with van der Waals surface area (Å²) in [7, 11) is 0. The Morgan fingerprint density at radius 1 is 1.04 bits per heavy atom. The Morgan fingerprint density at radius 3 is 2.48 bits per heavy atom. The fraction of sp³-hybridized carbons (Fsp3) is 0.235. The molecule has 0 bridgehead atoms. The topological polar surface area (TPSA) is 35.6 Å². The highest BCUT2D eigenvalue weighted by Gasteiger charge is 2.22. The monoisotopic (exact) mass is 377 g/mol. The predicted octanol–water partition coefficient (Wildman–Crippen LogP) is 3.94. The minimum absolute atomic E-state index is 0.215. The lowest BCUT2D eigenvalue weighted by Crippen LogP contribution is -2.50. The summed E-state index contributed by atoms with van der Waals surface area (Å²) in [5.41, 5.74) is 1.35. The summed E-state index contributed by atoms with van der Waals surface area (Å²) in [5.74, 6) is -0.423. The molecule has 120 valence electrons. The van der Waals surface area contributed by atoms with Crippen LogP contribution in [0.3, 0.4) is 0 Å². The van der Waals surface area contributed by atoms with Gasteiger partial charge in [0.2, 0.25) is 0 Å². The van der Waals surface area contributed by atoms with Gasteiger partial charge in [-0.05, 0) is 30.3 Å². The van der Waals surface area contributed by atoms with Crippen molar-refractivity contribution in [3.8, 4) is 0 Å². The summed E-state index contributed by atoms with van der Waals surface area (Å²) in [6.45, 7) is 2.71. The highest BCUT2D eigenvalue weighted by atomic mass is 79.9. The van der Waals surface area contributed by atoms with Gasteiger partial charge < -0.3 is 15.1 Å². The number of anilines is 2. The second-order valence-corrected chi connectivity index (χ2v) is 6.28. The van der Waals surface area contributed by atoms with Crippen LogP contribution in [0.4, 0.5) is 20.6 Å². The van der Waals surface area contributed by atoms with Crippen LogP contribution in [0.1, 0.15) is 0 Å². The average molecular weight is 378 g/mol. The quantitative estimate of drug-likeness (QED) is 0.859. The first-order chi connectivity index (χ1) is 11.1. The van der Waals surface area contributed by atoms with Crippen LogP contribution in [-0.2, 0) is 0 Å². The number of carbonyl (C=O) groups is 1. The van der Waals surface area contributed by atoms with Gasteiger partial charge in [0, 0.05) is 36.3 Å². The van der Waals surface area contributed by atoms with Crippen molar-refractivity contribution in [3.05, 3.63) is 58.8 Å². The molecule has 1 heterocycles. The molecular formula is C17H17BrFN3O. The van der Waals surface area contributed by atoms with Crippen molar-refractivity contribution >= 4 is 33.3 Å². The maximum atomic E-state index is 13.6. The van der Waals surface area contributed by atoms with Crippen LogP contribution in [0.2, 0.25) is 0 Å². The summed E-state index contributed by atoms with van der Waals surface area (Å²) in [6, 6.07) is 14.0. The number of urea groups is 1. The molecule has 1 aliphatic rings. The first-order valence-corrected chi connectivity index (χ1v) is 8.24. The van der Waals surface area contributed by atoms with Crippen molar-refractivity contribution in [3.63, 3.8) is 0 Å².